The molecule has 226 valence electrons. The molecule has 1 amide bonds. The molecule has 2 heterocycles. The van der Waals surface area contributed by atoms with Crippen molar-refractivity contribution in [1.82, 2.24) is 19.4 Å². The number of thioether (sulfide) groups is 1. The Kier molecular flexibility index (Phi) is 10.4. The smallest absolute Gasteiger partial charge is 0.410 e. The molecule has 0 bridgehead atoms. The number of amides is 1. The average molecular weight is 617 g/mol. The van der Waals surface area contributed by atoms with Crippen molar-refractivity contribution in [3.05, 3.63) is 63.4 Å². The Labute approximate surface area is 254 Å². The van der Waals surface area contributed by atoms with E-state index < -0.39 is 16.8 Å². The number of piperazine rings is 1. The topological polar surface area (TPSA) is 103 Å². The number of rotatable bonds is 9. The van der Waals surface area contributed by atoms with E-state index in [1.54, 1.807) is 23.1 Å². The Hall–Kier alpha value is -3.28. The zero-order chi connectivity index (χ0) is 30.4. The molecule has 42 heavy (non-hydrogen) atoms. The Morgan fingerprint density at radius 2 is 1.76 bits per heavy atom. The van der Waals surface area contributed by atoms with Crippen LogP contribution in [0.2, 0.25) is 5.02 Å². The maximum atomic E-state index is 13.1. The molecule has 0 radical (unpaired) electrons. The Morgan fingerprint density at radius 1 is 1.07 bits per heavy atom. The lowest BCUT2D eigenvalue weighted by molar-refractivity contribution is -0.140. The van der Waals surface area contributed by atoms with E-state index in [9.17, 15) is 14.4 Å². The largest absolute Gasteiger partial charge is 0.492 e. The summed E-state index contributed by atoms with van der Waals surface area (Å²) in [6.45, 7) is 11.7. The van der Waals surface area contributed by atoms with Crippen LogP contribution in [-0.2, 0) is 20.8 Å². The van der Waals surface area contributed by atoms with Crippen LogP contribution < -0.4 is 10.3 Å². The SMILES string of the molecule is CCn1c(SC(C(=O)OC)c2ccc(OCCN3CCN(C(=O)OC(C)(C)C)CC3)cc2)nc2ccc(Cl)cc2c1=O. The third-order valence-electron chi connectivity index (χ3n) is 6.72. The van der Waals surface area contributed by atoms with Gasteiger partial charge in [-0.1, -0.05) is 35.5 Å². The van der Waals surface area contributed by atoms with Crippen molar-refractivity contribution >= 4 is 46.3 Å². The second kappa shape index (κ2) is 13.8. The zero-order valence-electron chi connectivity index (χ0n) is 24.6. The van der Waals surface area contributed by atoms with E-state index in [0.717, 1.165) is 19.6 Å². The van der Waals surface area contributed by atoms with Crippen LogP contribution in [0.1, 0.15) is 38.5 Å². The second-order valence-electron chi connectivity index (χ2n) is 10.9. The molecular formula is C30H37ClN4O6S. The van der Waals surface area contributed by atoms with E-state index >= 15 is 0 Å². The lowest BCUT2D eigenvalue weighted by atomic mass is 10.1. The fraction of sp³-hybridized carbons (Fsp3) is 0.467. The van der Waals surface area contributed by atoms with Crippen LogP contribution in [0.25, 0.3) is 10.9 Å². The van der Waals surface area contributed by atoms with Crippen molar-refractivity contribution in [2.75, 3.05) is 46.4 Å². The maximum absolute atomic E-state index is 13.1. The molecule has 2 aromatic carbocycles. The highest BCUT2D eigenvalue weighted by atomic mass is 35.5. The molecule has 1 atom stereocenters. The van der Waals surface area contributed by atoms with Gasteiger partial charge in [-0.3, -0.25) is 19.1 Å². The lowest BCUT2D eigenvalue weighted by Crippen LogP contribution is -2.50. The number of esters is 1. The van der Waals surface area contributed by atoms with E-state index in [1.807, 2.05) is 52.0 Å². The molecule has 4 rings (SSSR count). The van der Waals surface area contributed by atoms with Crippen LogP contribution in [0.15, 0.2) is 52.4 Å². The summed E-state index contributed by atoms with van der Waals surface area (Å²) in [6, 6.07) is 12.2. The normalized spacial score (nSPS) is 15.0. The van der Waals surface area contributed by atoms with Crippen LogP contribution in [0.3, 0.4) is 0 Å². The van der Waals surface area contributed by atoms with Gasteiger partial charge >= 0.3 is 12.1 Å². The molecule has 12 heteroatoms. The second-order valence-corrected chi connectivity index (χ2v) is 12.4. The first-order chi connectivity index (χ1) is 20.0. The van der Waals surface area contributed by atoms with Gasteiger partial charge < -0.3 is 19.1 Å². The summed E-state index contributed by atoms with van der Waals surface area (Å²) < 4.78 is 18.0. The van der Waals surface area contributed by atoms with Crippen LogP contribution >= 0.6 is 23.4 Å². The van der Waals surface area contributed by atoms with E-state index in [0.29, 0.717) is 58.6 Å². The van der Waals surface area contributed by atoms with Gasteiger partial charge in [0.2, 0.25) is 0 Å². The van der Waals surface area contributed by atoms with E-state index in [1.165, 1.54) is 23.4 Å². The highest BCUT2D eigenvalue weighted by molar-refractivity contribution is 8.00. The summed E-state index contributed by atoms with van der Waals surface area (Å²) in [6.07, 6.45) is -0.277. The van der Waals surface area contributed by atoms with E-state index in [-0.39, 0.29) is 11.7 Å². The van der Waals surface area contributed by atoms with Gasteiger partial charge in [-0.05, 0) is 63.6 Å². The van der Waals surface area contributed by atoms with Gasteiger partial charge in [-0.2, -0.15) is 0 Å². The number of aromatic nitrogens is 2. The Balaban J connectivity index is 1.37. The van der Waals surface area contributed by atoms with Gasteiger partial charge in [-0.15, -0.1) is 0 Å². The molecule has 0 spiro atoms. The summed E-state index contributed by atoms with van der Waals surface area (Å²) in [4.78, 5) is 46.9. The fourth-order valence-electron chi connectivity index (χ4n) is 4.52. The van der Waals surface area contributed by atoms with Crippen LogP contribution in [0.4, 0.5) is 4.79 Å². The number of benzene rings is 2. The lowest BCUT2D eigenvalue weighted by Gasteiger charge is -2.35. The fourth-order valence-corrected chi connectivity index (χ4v) is 5.88. The maximum Gasteiger partial charge on any atom is 0.410 e. The van der Waals surface area contributed by atoms with Crippen LogP contribution in [-0.4, -0.2) is 83.5 Å². The number of methoxy groups -OCH3 is 1. The minimum Gasteiger partial charge on any atom is -0.492 e. The zero-order valence-corrected chi connectivity index (χ0v) is 26.2. The molecule has 0 N–H and O–H groups in total. The van der Waals surface area contributed by atoms with E-state index in [4.69, 9.17) is 25.8 Å². The van der Waals surface area contributed by atoms with Crippen molar-refractivity contribution in [2.24, 2.45) is 0 Å². The van der Waals surface area contributed by atoms with Crippen LogP contribution in [0, 0.1) is 0 Å². The standard InChI is InChI=1S/C30H37ClN4O6S/c1-6-35-26(36)23-19-21(31)9-12-24(23)32-28(35)42-25(27(37)39-5)20-7-10-22(11-8-20)40-18-17-33-13-15-34(16-14-33)29(38)41-30(2,3)4/h7-12,19,25H,6,13-18H2,1-5H3. The van der Waals surface area contributed by atoms with Gasteiger partial charge in [0.1, 0.15) is 23.2 Å². The van der Waals surface area contributed by atoms with Gasteiger partial charge in [0, 0.05) is 44.3 Å². The first kappa shape index (κ1) is 31.7. The summed E-state index contributed by atoms with van der Waals surface area (Å²) in [5.74, 6) is 0.221. The molecule has 1 aromatic heterocycles. The van der Waals surface area contributed by atoms with Crippen LogP contribution in [0.5, 0.6) is 5.75 Å². The van der Waals surface area contributed by atoms with Gasteiger partial charge in [0.05, 0.1) is 18.0 Å². The third kappa shape index (κ3) is 7.96. The number of carbonyl (C=O) groups is 2. The number of carbonyl (C=O) groups excluding carboxylic acids is 2. The minimum atomic E-state index is -0.736. The molecule has 1 fully saturated rings. The molecule has 3 aromatic rings. The molecule has 1 saturated heterocycles. The van der Waals surface area contributed by atoms with Crippen molar-refractivity contribution < 1.29 is 23.8 Å². The molecule has 0 aliphatic carbocycles. The molecule has 0 saturated carbocycles. The summed E-state index contributed by atoms with van der Waals surface area (Å²) in [5, 5.41) is 0.564. The summed E-state index contributed by atoms with van der Waals surface area (Å²) in [5.41, 5.74) is 0.486. The third-order valence-corrected chi connectivity index (χ3v) is 8.18. The molecular weight excluding hydrogens is 580 g/mol. The monoisotopic (exact) mass is 616 g/mol. The number of hydrogen-bond acceptors (Lipinski definition) is 9. The molecule has 1 aliphatic rings. The van der Waals surface area contributed by atoms with Crippen molar-refractivity contribution in [2.45, 2.75) is 50.2 Å². The predicted octanol–water partition coefficient (Wildman–Crippen LogP) is 5.01. The number of fused-ring (bicyclic) bond motifs is 1. The number of halogens is 1. The Morgan fingerprint density at radius 3 is 2.38 bits per heavy atom. The van der Waals surface area contributed by atoms with E-state index in [2.05, 4.69) is 9.88 Å². The number of ether oxygens (including phenoxy) is 3. The first-order valence-corrected chi connectivity index (χ1v) is 15.1. The first-order valence-electron chi connectivity index (χ1n) is 13.9. The van der Waals surface area contributed by atoms with Crippen molar-refractivity contribution in [3.8, 4) is 5.75 Å². The quantitative estimate of drug-likeness (QED) is 0.186. The molecule has 1 aliphatic heterocycles. The van der Waals surface area contributed by atoms with Gasteiger partial charge in [0.25, 0.3) is 5.56 Å². The summed E-state index contributed by atoms with van der Waals surface area (Å²) in [7, 11) is 1.34. The predicted molar refractivity (Wildman–Crippen MR) is 163 cm³/mol. The van der Waals surface area contributed by atoms with Gasteiger partial charge in [0.15, 0.2) is 5.16 Å². The van der Waals surface area contributed by atoms with Crippen molar-refractivity contribution in [1.29, 1.82) is 0 Å². The number of hydrogen-bond donors (Lipinski definition) is 0. The highest BCUT2D eigenvalue weighted by Gasteiger charge is 2.27. The van der Waals surface area contributed by atoms with Gasteiger partial charge in [-0.25, -0.2) is 9.78 Å². The molecule has 1 unspecified atom stereocenters. The highest BCUT2D eigenvalue weighted by Crippen LogP contribution is 2.36. The minimum absolute atomic E-state index is 0.217. The Bertz CT molecular complexity index is 1470. The summed E-state index contributed by atoms with van der Waals surface area (Å²) >= 11 is 7.26. The average Bonchev–Trinajstić information content (AvgIpc) is 2.96. The van der Waals surface area contributed by atoms with Crippen molar-refractivity contribution in [3.63, 3.8) is 0 Å². The number of nitrogens with zero attached hydrogens (tertiary/aromatic N) is 4. The molecule has 10 nitrogen and oxygen atoms in total.